The van der Waals surface area contributed by atoms with Crippen LogP contribution in [0.15, 0.2) is 51.7 Å². The third kappa shape index (κ3) is 4.40. The van der Waals surface area contributed by atoms with E-state index in [0.717, 1.165) is 17.2 Å². The molecule has 2 heterocycles. The summed E-state index contributed by atoms with van der Waals surface area (Å²) in [6, 6.07) is 11.4. The van der Waals surface area contributed by atoms with Gasteiger partial charge in [-0.1, -0.05) is 17.8 Å². The number of benzene rings is 1. The molecule has 0 spiro atoms. The summed E-state index contributed by atoms with van der Waals surface area (Å²) in [6.45, 7) is 2.55. The molecule has 0 atom stereocenters. The second kappa shape index (κ2) is 8.17. The molecule has 130 valence electrons. The number of ether oxygens (including phenoxy) is 1. The largest absolute Gasteiger partial charge is 0.494 e. The van der Waals surface area contributed by atoms with Crippen molar-refractivity contribution in [3.63, 3.8) is 0 Å². The molecule has 6 nitrogen and oxygen atoms in total. The number of aromatic nitrogens is 3. The summed E-state index contributed by atoms with van der Waals surface area (Å²) < 4.78 is 6.92. The standard InChI is InChI=1S/C17H18N4O2S2/c1-3-23-13-8-6-12(7-9-13)18-15-16(22)21(2)17(20-19-15)25-11-14-5-4-10-24-14/h4-10H,3,11H2,1-2H3,(H,18,19). The van der Waals surface area contributed by atoms with E-state index >= 15 is 0 Å². The van der Waals surface area contributed by atoms with Gasteiger partial charge in [-0.05, 0) is 42.6 Å². The van der Waals surface area contributed by atoms with Gasteiger partial charge >= 0.3 is 0 Å². The lowest BCUT2D eigenvalue weighted by Crippen LogP contribution is -2.24. The first-order chi connectivity index (χ1) is 12.2. The van der Waals surface area contributed by atoms with Gasteiger partial charge in [0.05, 0.1) is 6.61 Å². The number of hydrogen-bond acceptors (Lipinski definition) is 7. The maximum Gasteiger partial charge on any atom is 0.297 e. The fourth-order valence-corrected chi connectivity index (χ4v) is 3.80. The van der Waals surface area contributed by atoms with Crippen molar-refractivity contribution in [1.29, 1.82) is 0 Å². The van der Waals surface area contributed by atoms with Crippen LogP contribution in [-0.4, -0.2) is 21.4 Å². The molecular formula is C17H18N4O2S2. The van der Waals surface area contributed by atoms with Crippen molar-refractivity contribution in [2.75, 3.05) is 11.9 Å². The Balaban J connectivity index is 1.72. The predicted octanol–water partition coefficient (Wildman–Crippen LogP) is 3.67. The maximum atomic E-state index is 12.5. The minimum absolute atomic E-state index is 0.201. The highest BCUT2D eigenvalue weighted by Gasteiger charge is 2.10. The number of anilines is 2. The lowest BCUT2D eigenvalue weighted by molar-refractivity contribution is 0.340. The Bertz CT molecular complexity index is 877. The molecule has 25 heavy (non-hydrogen) atoms. The van der Waals surface area contributed by atoms with Crippen LogP contribution in [0.25, 0.3) is 0 Å². The molecule has 0 aliphatic heterocycles. The van der Waals surface area contributed by atoms with E-state index < -0.39 is 0 Å². The van der Waals surface area contributed by atoms with Gasteiger partial charge in [0, 0.05) is 23.4 Å². The topological polar surface area (TPSA) is 69.0 Å². The summed E-state index contributed by atoms with van der Waals surface area (Å²) >= 11 is 3.18. The molecule has 0 saturated heterocycles. The zero-order chi connectivity index (χ0) is 17.6. The molecule has 1 aromatic carbocycles. The number of nitrogens with zero attached hydrogens (tertiary/aromatic N) is 3. The van der Waals surface area contributed by atoms with E-state index in [1.54, 1.807) is 18.4 Å². The number of rotatable bonds is 7. The Morgan fingerprint density at radius 1 is 1.24 bits per heavy atom. The van der Waals surface area contributed by atoms with Crippen molar-refractivity contribution >= 4 is 34.6 Å². The number of thiophene rings is 1. The van der Waals surface area contributed by atoms with Crippen LogP contribution in [0.2, 0.25) is 0 Å². The first-order valence-electron chi connectivity index (χ1n) is 7.76. The molecule has 0 saturated carbocycles. The Hall–Kier alpha value is -2.32. The average Bonchev–Trinajstić information content (AvgIpc) is 3.14. The molecule has 0 fully saturated rings. The highest BCUT2D eigenvalue weighted by molar-refractivity contribution is 7.98. The summed E-state index contributed by atoms with van der Waals surface area (Å²) in [4.78, 5) is 13.7. The highest BCUT2D eigenvalue weighted by Crippen LogP contribution is 2.23. The number of hydrogen-bond donors (Lipinski definition) is 1. The first-order valence-corrected chi connectivity index (χ1v) is 9.62. The SMILES string of the molecule is CCOc1ccc(Nc2nnc(SCc3cccs3)n(C)c2=O)cc1. The summed E-state index contributed by atoms with van der Waals surface area (Å²) in [5.74, 6) is 1.75. The van der Waals surface area contributed by atoms with Gasteiger partial charge in [-0.3, -0.25) is 9.36 Å². The Morgan fingerprint density at radius 2 is 2.04 bits per heavy atom. The van der Waals surface area contributed by atoms with E-state index in [-0.39, 0.29) is 11.4 Å². The third-order valence-electron chi connectivity index (χ3n) is 3.38. The van der Waals surface area contributed by atoms with Gasteiger partial charge < -0.3 is 10.1 Å². The van der Waals surface area contributed by atoms with Crippen LogP contribution in [0.4, 0.5) is 11.5 Å². The molecule has 3 aromatic rings. The summed E-state index contributed by atoms with van der Waals surface area (Å²) in [5.41, 5.74) is 0.548. The van der Waals surface area contributed by atoms with Crippen LogP contribution in [0.5, 0.6) is 5.75 Å². The van der Waals surface area contributed by atoms with Crippen LogP contribution >= 0.6 is 23.1 Å². The molecule has 3 rings (SSSR count). The zero-order valence-electron chi connectivity index (χ0n) is 13.9. The molecule has 0 aliphatic rings. The van der Waals surface area contributed by atoms with Gasteiger partial charge in [-0.15, -0.1) is 21.5 Å². The first kappa shape index (κ1) is 17.5. The average molecular weight is 374 g/mol. The Labute approximate surface area is 153 Å². The van der Waals surface area contributed by atoms with Crippen molar-refractivity contribution in [1.82, 2.24) is 14.8 Å². The van der Waals surface area contributed by atoms with E-state index in [0.29, 0.717) is 11.8 Å². The Kier molecular flexibility index (Phi) is 5.72. The monoisotopic (exact) mass is 374 g/mol. The van der Waals surface area contributed by atoms with Crippen molar-refractivity contribution in [3.8, 4) is 5.75 Å². The van der Waals surface area contributed by atoms with Gasteiger partial charge in [0.15, 0.2) is 5.16 Å². The molecule has 2 aromatic heterocycles. The molecule has 0 bridgehead atoms. The minimum Gasteiger partial charge on any atom is -0.494 e. The fraction of sp³-hybridized carbons (Fsp3) is 0.235. The molecule has 0 aliphatic carbocycles. The summed E-state index contributed by atoms with van der Waals surface area (Å²) in [6.07, 6.45) is 0. The van der Waals surface area contributed by atoms with Gasteiger partial charge in [0.1, 0.15) is 5.75 Å². The van der Waals surface area contributed by atoms with Crippen LogP contribution in [0.1, 0.15) is 11.8 Å². The molecular weight excluding hydrogens is 356 g/mol. The van der Waals surface area contributed by atoms with Crippen molar-refractivity contribution in [2.24, 2.45) is 7.05 Å². The molecule has 0 amide bonds. The summed E-state index contributed by atoms with van der Waals surface area (Å²) in [7, 11) is 1.71. The fourth-order valence-electron chi connectivity index (χ4n) is 2.12. The van der Waals surface area contributed by atoms with Gasteiger partial charge in [0.2, 0.25) is 5.82 Å². The van der Waals surface area contributed by atoms with Crippen LogP contribution in [0.3, 0.4) is 0 Å². The van der Waals surface area contributed by atoms with E-state index in [9.17, 15) is 4.79 Å². The second-order valence-corrected chi connectivity index (χ2v) is 7.12. The quantitative estimate of drug-likeness (QED) is 0.637. The van der Waals surface area contributed by atoms with Crippen molar-refractivity contribution < 1.29 is 4.74 Å². The molecule has 1 N–H and O–H groups in total. The second-order valence-electron chi connectivity index (χ2n) is 5.15. The van der Waals surface area contributed by atoms with E-state index in [1.807, 2.05) is 42.6 Å². The van der Waals surface area contributed by atoms with Gasteiger partial charge in [-0.25, -0.2) is 0 Å². The lowest BCUT2D eigenvalue weighted by Gasteiger charge is -2.09. The number of nitrogens with one attached hydrogen (secondary N) is 1. The highest BCUT2D eigenvalue weighted by atomic mass is 32.2. The van der Waals surface area contributed by atoms with E-state index in [2.05, 4.69) is 21.6 Å². The summed E-state index contributed by atoms with van der Waals surface area (Å²) in [5, 5.41) is 13.9. The third-order valence-corrected chi connectivity index (χ3v) is 5.51. The van der Waals surface area contributed by atoms with Crippen LogP contribution in [-0.2, 0) is 12.8 Å². The lowest BCUT2D eigenvalue weighted by atomic mass is 10.3. The maximum absolute atomic E-state index is 12.5. The van der Waals surface area contributed by atoms with E-state index in [4.69, 9.17) is 4.74 Å². The smallest absolute Gasteiger partial charge is 0.297 e. The molecule has 8 heteroatoms. The van der Waals surface area contributed by atoms with Crippen LogP contribution in [0, 0.1) is 0 Å². The molecule has 0 radical (unpaired) electrons. The van der Waals surface area contributed by atoms with Crippen molar-refractivity contribution in [2.45, 2.75) is 17.8 Å². The molecule has 0 unspecified atom stereocenters. The number of thioether (sulfide) groups is 1. The van der Waals surface area contributed by atoms with Crippen molar-refractivity contribution in [3.05, 3.63) is 57.0 Å². The zero-order valence-corrected chi connectivity index (χ0v) is 15.6. The minimum atomic E-state index is -0.211. The van der Waals surface area contributed by atoms with Gasteiger partial charge in [-0.2, -0.15) is 0 Å². The normalized spacial score (nSPS) is 10.6. The van der Waals surface area contributed by atoms with Crippen LogP contribution < -0.4 is 15.6 Å². The predicted molar refractivity (Wildman–Crippen MR) is 102 cm³/mol. The van der Waals surface area contributed by atoms with E-state index in [1.165, 1.54) is 21.2 Å². The Morgan fingerprint density at radius 3 is 2.72 bits per heavy atom. The van der Waals surface area contributed by atoms with Gasteiger partial charge in [0.25, 0.3) is 5.56 Å².